The van der Waals surface area contributed by atoms with Crippen LogP contribution in [-0.4, -0.2) is 10.1 Å². The summed E-state index contributed by atoms with van der Waals surface area (Å²) in [6, 6.07) is 2.00. The van der Waals surface area contributed by atoms with Gasteiger partial charge in [0.25, 0.3) is 0 Å². The molecule has 1 aliphatic carbocycles. The van der Waals surface area contributed by atoms with Gasteiger partial charge in [-0.15, -0.1) is 0 Å². The Kier molecular flexibility index (Phi) is 1.56. The molecule has 0 aromatic carbocycles. The molecular formula is C10H13NO. The molecule has 0 unspecified atom stereocenters. The van der Waals surface area contributed by atoms with Gasteiger partial charge in [-0.2, -0.15) is 0 Å². The second-order valence-corrected chi connectivity index (χ2v) is 3.57. The zero-order valence-corrected chi connectivity index (χ0v) is 7.46. The van der Waals surface area contributed by atoms with Crippen molar-refractivity contribution in [2.45, 2.75) is 32.6 Å². The highest BCUT2D eigenvalue weighted by atomic mass is 16.3. The van der Waals surface area contributed by atoms with Crippen LogP contribution in [0.2, 0.25) is 0 Å². The maximum Gasteiger partial charge on any atom is 0.139 e. The van der Waals surface area contributed by atoms with Gasteiger partial charge in [0.2, 0.25) is 0 Å². The number of hydrogen-bond acceptors (Lipinski definition) is 2. The van der Waals surface area contributed by atoms with E-state index in [1.165, 1.54) is 12.8 Å². The number of aromatic nitrogens is 1. The maximum absolute atomic E-state index is 9.47. The Morgan fingerprint density at radius 1 is 1.42 bits per heavy atom. The van der Waals surface area contributed by atoms with Gasteiger partial charge in [0.15, 0.2) is 0 Å². The first-order chi connectivity index (χ1) is 5.68. The summed E-state index contributed by atoms with van der Waals surface area (Å²) in [6.45, 7) is 3.78. The molecule has 0 atom stereocenters. The van der Waals surface area contributed by atoms with E-state index in [4.69, 9.17) is 0 Å². The average molecular weight is 163 g/mol. The van der Waals surface area contributed by atoms with Crippen LogP contribution in [0.1, 0.15) is 35.7 Å². The molecule has 1 heterocycles. The molecule has 2 nitrogen and oxygen atoms in total. The van der Waals surface area contributed by atoms with Crippen LogP contribution in [0.25, 0.3) is 0 Å². The predicted octanol–water partition coefficient (Wildman–Crippen LogP) is 2.28. The highest BCUT2D eigenvalue weighted by molar-refractivity contribution is 5.37. The summed E-state index contributed by atoms with van der Waals surface area (Å²) in [5, 5.41) is 9.47. The Morgan fingerprint density at radius 2 is 2.08 bits per heavy atom. The fourth-order valence-electron chi connectivity index (χ4n) is 1.44. The summed E-state index contributed by atoms with van der Waals surface area (Å²) in [7, 11) is 0. The van der Waals surface area contributed by atoms with Crippen LogP contribution in [0.15, 0.2) is 6.07 Å². The van der Waals surface area contributed by atoms with E-state index in [1.807, 2.05) is 19.9 Å². The third-order valence-electron chi connectivity index (χ3n) is 2.37. The largest absolute Gasteiger partial charge is 0.506 e. The van der Waals surface area contributed by atoms with Crippen LogP contribution >= 0.6 is 0 Å². The van der Waals surface area contributed by atoms with E-state index in [-0.39, 0.29) is 0 Å². The second kappa shape index (κ2) is 2.47. The van der Waals surface area contributed by atoms with E-state index >= 15 is 0 Å². The van der Waals surface area contributed by atoms with Crippen molar-refractivity contribution in [2.75, 3.05) is 0 Å². The predicted molar refractivity (Wildman–Crippen MR) is 47.4 cm³/mol. The molecule has 2 heteroatoms. The molecule has 1 fully saturated rings. The van der Waals surface area contributed by atoms with Crippen LogP contribution in [0, 0.1) is 13.8 Å². The average Bonchev–Trinajstić information content (AvgIpc) is 2.81. The maximum atomic E-state index is 9.47. The Labute approximate surface area is 72.3 Å². The first-order valence-electron chi connectivity index (χ1n) is 4.35. The number of rotatable bonds is 1. The van der Waals surface area contributed by atoms with Crippen molar-refractivity contribution in [3.63, 3.8) is 0 Å². The fraction of sp³-hybridized carbons (Fsp3) is 0.500. The minimum absolute atomic E-state index is 0.347. The molecule has 0 bridgehead atoms. The molecule has 1 aromatic rings. The Hall–Kier alpha value is -1.05. The monoisotopic (exact) mass is 163 g/mol. The number of aryl methyl sites for hydroxylation is 2. The van der Waals surface area contributed by atoms with Crippen molar-refractivity contribution < 1.29 is 5.11 Å². The van der Waals surface area contributed by atoms with Gasteiger partial charge >= 0.3 is 0 Å². The van der Waals surface area contributed by atoms with Crippen molar-refractivity contribution in [1.82, 2.24) is 4.98 Å². The van der Waals surface area contributed by atoms with Crippen LogP contribution in [0.5, 0.6) is 5.75 Å². The topological polar surface area (TPSA) is 33.1 Å². The lowest BCUT2D eigenvalue weighted by Gasteiger charge is -2.05. The highest BCUT2D eigenvalue weighted by Crippen LogP contribution is 2.40. The molecule has 0 saturated heterocycles. The van der Waals surface area contributed by atoms with Crippen LogP contribution < -0.4 is 0 Å². The Balaban J connectivity index is 2.45. The van der Waals surface area contributed by atoms with Gasteiger partial charge in [0.05, 0.1) is 5.69 Å². The zero-order valence-electron chi connectivity index (χ0n) is 7.46. The molecule has 0 amide bonds. The van der Waals surface area contributed by atoms with Crippen LogP contribution in [-0.2, 0) is 0 Å². The molecule has 0 aliphatic heterocycles. The van der Waals surface area contributed by atoms with Crippen LogP contribution in [0.4, 0.5) is 0 Å². The molecule has 0 radical (unpaired) electrons. The smallest absolute Gasteiger partial charge is 0.139 e. The summed E-state index contributed by atoms with van der Waals surface area (Å²) in [6.07, 6.45) is 2.52. The first-order valence-corrected chi connectivity index (χ1v) is 4.35. The SMILES string of the molecule is Cc1cc(C2CC2)nc(C)c1O. The van der Waals surface area contributed by atoms with E-state index in [1.54, 1.807) is 0 Å². The minimum Gasteiger partial charge on any atom is -0.506 e. The molecule has 1 N–H and O–H groups in total. The lowest BCUT2D eigenvalue weighted by atomic mass is 10.1. The third kappa shape index (κ3) is 1.17. The van der Waals surface area contributed by atoms with Gasteiger partial charge in [-0.05, 0) is 38.3 Å². The van der Waals surface area contributed by atoms with E-state index < -0.39 is 0 Å². The summed E-state index contributed by atoms with van der Waals surface area (Å²) in [4.78, 5) is 4.35. The Morgan fingerprint density at radius 3 is 2.58 bits per heavy atom. The normalized spacial score (nSPS) is 16.5. The molecule has 2 rings (SSSR count). The van der Waals surface area contributed by atoms with Crippen molar-refractivity contribution in [3.8, 4) is 5.75 Å². The molecule has 1 saturated carbocycles. The Bertz CT molecular complexity index is 293. The molecular weight excluding hydrogens is 150 g/mol. The molecule has 1 aromatic heterocycles. The van der Waals surface area contributed by atoms with E-state index in [2.05, 4.69) is 4.98 Å². The van der Waals surface area contributed by atoms with Gasteiger partial charge in [-0.3, -0.25) is 4.98 Å². The molecule has 0 spiro atoms. The van der Waals surface area contributed by atoms with Crippen LogP contribution in [0.3, 0.4) is 0 Å². The van der Waals surface area contributed by atoms with Gasteiger partial charge in [-0.1, -0.05) is 0 Å². The summed E-state index contributed by atoms with van der Waals surface area (Å²) >= 11 is 0. The van der Waals surface area contributed by atoms with Gasteiger partial charge in [-0.25, -0.2) is 0 Å². The number of hydrogen-bond donors (Lipinski definition) is 1. The second-order valence-electron chi connectivity index (χ2n) is 3.57. The lowest BCUT2D eigenvalue weighted by molar-refractivity contribution is 0.462. The van der Waals surface area contributed by atoms with Gasteiger partial charge < -0.3 is 5.11 Å². The number of aromatic hydroxyl groups is 1. The van der Waals surface area contributed by atoms with Gasteiger partial charge in [0.1, 0.15) is 5.75 Å². The van der Waals surface area contributed by atoms with E-state index in [9.17, 15) is 5.11 Å². The number of nitrogens with zero attached hydrogens (tertiary/aromatic N) is 1. The van der Waals surface area contributed by atoms with Crippen molar-refractivity contribution in [1.29, 1.82) is 0 Å². The minimum atomic E-state index is 0.347. The molecule has 1 aliphatic rings. The lowest BCUT2D eigenvalue weighted by Crippen LogP contribution is -1.92. The first kappa shape index (κ1) is 7.59. The fourth-order valence-corrected chi connectivity index (χ4v) is 1.44. The molecule has 64 valence electrons. The van der Waals surface area contributed by atoms with Gasteiger partial charge in [0, 0.05) is 11.6 Å². The highest BCUT2D eigenvalue weighted by Gasteiger charge is 2.25. The third-order valence-corrected chi connectivity index (χ3v) is 2.37. The van der Waals surface area contributed by atoms with E-state index in [0.717, 1.165) is 17.0 Å². The zero-order chi connectivity index (χ0) is 8.72. The van der Waals surface area contributed by atoms with Crippen molar-refractivity contribution in [3.05, 3.63) is 23.0 Å². The van der Waals surface area contributed by atoms with Crippen molar-refractivity contribution >= 4 is 0 Å². The summed E-state index contributed by atoms with van der Waals surface area (Å²) in [5.74, 6) is 1.02. The quantitative estimate of drug-likeness (QED) is 0.689. The van der Waals surface area contributed by atoms with E-state index in [0.29, 0.717) is 11.7 Å². The summed E-state index contributed by atoms with van der Waals surface area (Å²) in [5.41, 5.74) is 2.86. The summed E-state index contributed by atoms with van der Waals surface area (Å²) < 4.78 is 0. The van der Waals surface area contributed by atoms with Crippen molar-refractivity contribution in [2.24, 2.45) is 0 Å². The number of pyridine rings is 1. The molecule has 12 heavy (non-hydrogen) atoms. The standard InChI is InChI=1S/C10H13NO/c1-6-5-9(8-3-4-8)11-7(2)10(6)12/h5,8,12H,3-4H2,1-2H3.